The van der Waals surface area contributed by atoms with Crippen LogP contribution in [0.3, 0.4) is 0 Å². The van der Waals surface area contributed by atoms with Crippen molar-refractivity contribution < 1.29 is 21.7 Å². The Morgan fingerprint density at radius 1 is 0.538 bits per heavy atom. The van der Waals surface area contributed by atoms with E-state index in [2.05, 4.69) is 63.2 Å². The molecule has 0 bridgehead atoms. The zero-order chi connectivity index (χ0) is 36.2. The van der Waals surface area contributed by atoms with E-state index in [1.165, 1.54) is 220 Å². The topological polar surface area (TPSA) is 9.23 Å². The van der Waals surface area contributed by atoms with Crippen molar-refractivity contribution in [3.05, 3.63) is 17.0 Å². The van der Waals surface area contributed by atoms with Gasteiger partial charge >= 0.3 is 23.1 Å². The first-order chi connectivity index (χ1) is 24.4. The fourth-order valence-corrected chi connectivity index (χ4v) is 12.2. The van der Waals surface area contributed by atoms with Crippen molar-refractivity contribution in [1.29, 1.82) is 0 Å². The van der Waals surface area contributed by atoms with E-state index in [0.29, 0.717) is 0 Å². The van der Waals surface area contributed by atoms with Crippen molar-refractivity contribution in [3.63, 3.8) is 0 Å². The Labute approximate surface area is 361 Å². The average Bonchev–Trinajstić information content (AvgIpc) is 3.70. The molecule has 300 valence electrons. The molecule has 0 aliphatic rings. The van der Waals surface area contributed by atoms with Crippen LogP contribution in [-0.4, -0.2) is 37.7 Å². The van der Waals surface area contributed by atoms with Gasteiger partial charge in [0, 0.05) is 6.61 Å². The Balaban J connectivity index is 0.0000130. The molecule has 0 atom stereocenters. The summed E-state index contributed by atoms with van der Waals surface area (Å²) >= 11 is 3.94. The van der Waals surface area contributed by atoms with Crippen molar-refractivity contribution in [2.45, 2.75) is 251 Å². The molecule has 0 spiro atoms. The summed E-state index contributed by atoms with van der Waals surface area (Å²) in [5, 5.41) is 3.85. The van der Waals surface area contributed by atoms with Crippen LogP contribution in [0, 0.1) is 5.38 Å². The smallest absolute Gasteiger partial charge is 1.00 e. The van der Waals surface area contributed by atoms with Gasteiger partial charge in [0.2, 0.25) is 0 Å². The second kappa shape index (κ2) is 34.2. The van der Waals surface area contributed by atoms with Crippen molar-refractivity contribution in [2.75, 3.05) is 6.61 Å². The largest absolute Gasteiger partial charge is 2.00 e. The third-order valence-electron chi connectivity index (χ3n) is 11.2. The van der Waals surface area contributed by atoms with Crippen LogP contribution in [0.25, 0.3) is 9.40 Å². The molecule has 0 saturated heterocycles. The van der Waals surface area contributed by atoms with Crippen LogP contribution in [0.4, 0.5) is 0 Å². The van der Waals surface area contributed by atoms with E-state index >= 15 is 0 Å². The number of hydrogen-bond donors (Lipinski definition) is 0. The van der Waals surface area contributed by atoms with Crippen molar-refractivity contribution in [3.8, 4) is 0 Å². The first-order valence-electron chi connectivity index (χ1n) is 22.5. The molecule has 52 heavy (non-hydrogen) atoms. The maximum Gasteiger partial charge on any atom is 2.00 e. The molecule has 2 aromatic heterocycles. The Kier molecular flexibility index (Phi) is 34.9. The van der Waals surface area contributed by atoms with Gasteiger partial charge < -0.3 is 21.7 Å². The van der Waals surface area contributed by atoms with Crippen LogP contribution in [-0.2, 0) is 10.3 Å². The fraction of sp³-hybridized carbons (Fsp3) is 0.870. The van der Waals surface area contributed by atoms with Crippen LogP contribution in [0.5, 0.6) is 0 Å². The van der Waals surface area contributed by atoms with E-state index < -0.39 is 8.07 Å². The summed E-state index contributed by atoms with van der Waals surface area (Å²) in [6, 6.07) is 2.51. The van der Waals surface area contributed by atoms with Gasteiger partial charge in [-0.2, -0.15) is 0 Å². The van der Waals surface area contributed by atoms with E-state index in [0.717, 1.165) is 6.61 Å². The van der Waals surface area contributed by atoms with Gasteiger partial charge in [-0.15, -0.1) is 26.4 Å². The van der Waals surface area contributed by atoms with Gasteiger partial charge in [-0.05, 0) is 24.3 Å². The zero-order valence-corrected chi connectivity index (χ0v) is 41.4. The number of ether oxygens (including phenoxy) is 1. The maximum absolute atomic E-state index is 6.91. The van der Waals surface area contributed by atoms with Crippen LogP contribution in [0.15, 0.2) is 6.07 Å². The van der Waals surface area contributed by atoms with E-state index in [4.69, 9.17) is 4.74 Å². The SMILES string of the molecule is CCCCCCCCCCCCCCCCCC(CCCCCCCCCCCCCCCCC)(OCC)c1[c-]sc2cc([Si](C)(C)C)sc12.[Br-].[Mg+2]. The van der Waals surface area contributed by atoms with Gasteiger partial charge in [0.1, 0.15) is 0 Å². The predicted octanol–water partition coefficient (Wildman–Crippen LogP) is 13.7. The fourth-order valence-electron chi connectivity index (χ4n) is 7.88. The molecule has 0 unspecified atom stereocenters. The van der Waals surface area contributed by atoms with Crippen molar-refractivity contribution >= 4 is 67.7 Å². The van der Waals surface area contributed by atoms with Gasteiger partial charge in [-0.1, -0.05) is 226 Å². The Morgan fingerprint density at radius 2 is 0.865 bits per heavy atom. The molecule has 0 N–H and O–H groups in total. The van der Waals surface area contributed by atoms with Crippen molar-refractivity contribution in [1.82, 2.24) is 0 Å². The molecule has 0 aliphatic heterocycles. The number of rotatable bonds is 36. The molecule has 0 saturated carbocycles. The number of thiophene rings is 2. The molecule has 0 amide bonds. The monoisotopic (exact) mass is 848 g/mol. The van der Waals surface area contributed by atoms with Crippen LogP contribution < -0.4 is 21.5 Å². The molecular formula is C46H85BrMgOS2Si. The minimum Gasteiger partial charge on any atom is -1.00 e. The Hall–Kier alpha value is 1.08. The molecule has 0 aromatic carbocycles. The summed E-state index contributed by atoms with van der Waals surface area (Å²) in [4.78, 5) is 0. The second-order valence-corrected chi connectivity index (χ2v) is 24.3. The Bertz CT molecular complexity index is 1010. The molecular weight excluding hydrogens is 765 g/mol. The van der Waals surface area contributed by atoms with Gasteiger partial charge in [0.25, 0.3) is 0 Å². The molecule has 2 rings (SSSR count). The molecule has 0 aliphatic carbocycles. The second-order valence-electron chi connectivity index (χ2n) is 17.0. The van der Waals surface area contributed by atoms with Gasteiger partial charge in [0.05, 0.1) is 13.7 Å². The molecule has 0 radical (unpaired) electrons. The first kappa shape index (κ1) is 53.1. The maximum atomic E-state index is 6.91. The summed E-state index contributed by atoms with van der Waals surface area (Å²) in [7, 11) is -1.34. The third kappa shape index (κ3) is 23.3. The molecule has 2 aromatic rings. The normalized spacial score (nSPS) is 12.0. The van der Waals surface area contributed by atoms with E-state index in [1.807, 2.05) is 11.3 Å². The minimum atomic E-state index is -1.34. The molecule has 2 heterocycles. The van der Waals surface area contributed by atoms with E-state index in [1.54, 1.807) is 4.50 Å². The van der Waals surface area contributed by atoms with E-state index in [-0.39, 0.29) is 45.6 Å². The zero-order valence-electron chi connectivity index (χ0n) is 35.7. The number of halogens is 1. The van der Waals surface area contributed by atoms with Gasteiger partial charge in [-0.25, -0.2) is 11.3 Å². The third-order valence-corrected chi connectivity index (χ3v) is 16.9. The molecule has 0 fully saturated rings. The predicted molar refractivity (Wildman–Crippen MR) is 240 cm³/mol. The van der Waals surface area contributed by atoms with Crippen LogP contribution in [0.1, 0.15) is 232 Å². The molecule has 1 nitrogen and oxygen atoms in total. The number of hydrogen-bond acceptors (Lipinski definition) is 3. The van der Waals surface area contributed by atoms with Crippen LogP contribution in [0.2, 0.25) is 19.6 Å². The standard InChI is InChI=1S/C46H85OS2Si.BrH.Mg/c1-7-10-12-14-16-18-20-22-24-26-28-30-32-34-36-38-46(47-9-3,42-41-48-43-40-44(49-45(42)43)50(4,5)6)39-37-35-33-31-29-27-25-23-21-19-17-15-13-11-8-2;;/h40H,7-39H2,1-6H3;1H;/q-1;;+2/p-1. The molecule has 6 heteroatoms. The summed E-state index contributed by atoms with van der Waals surface area (Å²) in [6.45, 7) is 15.1. The summed E-state index contributed by atoms with van der Waals surface area (Å²) in [5.74, 6) is 0. The van der Waals surface area contributed by atoms with E-state index in [9.17, 15) is 0 Å². The number of fused-ring (bicyclic) bond motifs is 1. The summed E-state index contributed by atoms with van der Waals surface area (Å²) in [6.07, 6.45) is 44.9. The van der Waals surface area contributed by atoms with Gasteiger partial charge in [0.15, 0.2) is 0 Å². The van der Waals surface area contributed by atoms with Gasteiger partial charge in [-0.3, -0.25) is 11.3 Å². The Morgan fingerprint density at radius 3 is 1.17 bits per heavy atom. The van der Waals surface area contributed by atoms with Crippen molar-refractivity contribution in [2.24, 2.45) is 0 Å². The van der Waals surface area contributed by atoms with Crippen LogP contribution >= 0.6 is 22.7 Å². The number of unbranched alkanes of at least 4 members (excludes halogenated alkanes) is 28. The minimum absolute atomic E-state index is 0. The summed E-state index contributed by atoms with van der Waals surface area (Å²) < 4.78 is 11.5. The average molecular weight is 851 g/mol. The first-order valence-corrected chi connectivity index (χ1v) is 27.6. The summed E-state index contributed by atoms with van der Waals surface area (Å²) in [5.41, 5.74) is 1.27. The quantitative estimate of drug-likeness (QED) is 0.0377.